The van der Waals surface area contributed by atoms with Crippen molar-refractivity contribution in [2.45, 2.75) is 19.1 Å². The molecule has 0 aliphatic carbocycles. The fourth-order valence-corrected chi connectivity index (χ4v) is 4.73. The SMILES string of the molecule is COc1ccc([C@@H](C(=O)NCc2ccc(F)cc2)N(Cc2ccccc2)C(=O)c2snc(C(N)=O)c2N)cc1. The molecule has 5 N–H and O–H groups in total. The van der Waals surface area contributed by atoms with Gasteiger partial charge in [-0.25, -0.2) is 4.39 Å². The molecule has 9 nitrogen and oxygen atoms in total. The molecule has 0 spiro atoms. The van der Waals surface area contributed by atoms with Crippen LogP contribution in [0.2, 0.25) is 0 Å². The van der Waals surface area contributed by atoms with Gasteiger partial charge in [-0.2, -0.15) is 4.37 Å². The lowest BCUT2D eigenvalue weighted by molar-refractivity contribution is -0.126. The summed E-state index contributed by atoms with van der Waals surface area (Å²) in [5.74, 6) is -1.76. The Bertz CT molecular complexity index is 1460. The van der Waals surface area contributed by atoms with Gasteiger partial charge < -0.3 is 26.4 Å². The van der Waals surface area contributed by atoms with Crippen LogP contribution in [0, 0.1) is 5.82 Å². The molecular formula is C28H26FN5O4S. The number of carbonyl (C=O) groups is 3. The van der Waals surface area contributed by atoms with Gasteiger partial charge in [-0.15, -0.1) is 0 Å². The summed E-state index contributed by atoms with van der Waals surface area (Å²) in [6.45, 7) is 0.150. The van der Waals surface area contributed by atoms with Crippen molar-refractivity contribution >= 4 is 34.9 Å². The summed E-state index contributed by atoms with van der Waals surface area (Å²) < 4.78 is 22.6. The van der Waals surface area contributed by atoms with Gasteiger partial charge in [0, 0.05) is 13.1 Å². The van der Waals surface area contributed by atoms with Crippen molar-refractivity contribution in [3.63, 3.8) is 0 Å². The zero-order chi connectivity index (χ0) is 27.9. The van der Waals surface area contributed by atoms with E-state index in [1.807, 2.05) is 30.3 Å². The maximum atomic E-state index is 14.0. The van der Waals surface area contributed by atoms with Crippen molar-refractivity contribution in [3.8, 4) is 5.75 Å². The second kappa shape index (κ2) is 12.2. The second-order valence-electron chi connectivity index (χ2n) is 8.58. The number of carbonyl (C=O) groups excluding carboxylic acids is 3. The second-order valence-corrected chi connectivity index (χ2v) is 9.35. The average molecular weight is 548 g/mol. The summed E-state index contributed by atoms with van der Waals surface area (Å²) >= 11 is 0.739. The van der Waals surface area contributed by atoms with E-state index in [2.05, 4.69) is 9.69 Å². The summed E-state index contributed by atoms with van der Waals surface area (Å²) in [7, 11) is 1.52. The first-order valence-electron chi connectivity index (χ1n) is 11.8. The fourth-order valence-electron chi connectivity index (χ4n) is 3.97. The molecule has 3 amide bonds. The number of hydrogen-bond donors (Lipinski definition) is 3. The summed E-state index contributed by atoms with van der Waals surface area (Å²) in [4.78, 5) is 40.9. The largest absolute Gasteiger partial charge is 0.497 e. The lowest BCUT2D eigenvalue weighted by atomic mass is 10.0. The molecule has 39 heavy (non-hydrogen) atoms. The minimum absolute atomic E-state index is 0.00965. The van der Waals surface area contributed by atoms with Crippen molar-refractivity contribution < 1.29 is 23.5 Å². The Kier molecular flexibility index (Phi) is 8.52. The zero-order valence-corrected chi connectivity index (χ0v) is 21.8. The first-order chi connectivity index (χ1) is 18.8. The normalized spacial score (nSPS) is 11.4. The molecule has 0 fully saturated rings. The molecule has 0 bridgehead atoms. The lowest BCUT2D eigenvalue weighted by Crippen LogP contribution is -2.43. The van der Waals surface area contributed by atoms with E-state index in [0.717, 1.165) is 17.1 Å². The molecule has 1 atom stereocenters. The highest BCUT2D eigenvalue weighted by atomic mass is 32.1. The molecule has 1 heterocycles. The summed E-state index contributed by atoms with van der Waals surface area (Å²) in [5, 5.41) is 2.85. The number of amides is 3. The van der Waals surface area contributed by atoms with Gasteiger partial charge in [0.05, 0.1) is 12.8 Å². The molecule has 3 aromatic carbocycles. The molecule has 11 heteroatoms. The van der Waals surface area contributed by atoms with Crippen LogP contribution < -0.4 is 21.5 Å². The van der Waals surface area contributed by atoms with E-state index in [0.29, 0.717) is 16.9 Å². The quantitative estimate of drug-likeness (QED) is 0.277. The van der Waals surface area contributed by atoms with Crippen molar-refractivity contribution in [3.05, 3.63) is 112 Å². The maximum Gasteiger partial charge on any atom is 0.270 e. The highest BCUT2D eigenvalue weighted by molar-refractivity contribution is 7.09. The Labute approximate surface area is 228 Å². The van der Waals surface area contributed by atoms with Crippen LogP contribution in [-0.4, -0.2) is 34.1 Å². The monoisotopic (exact) mass is 547 g/mol. The molecule has 200 valence electrons. The number of benzene rings is 3. The molecular weight excluding hydrogens is 521 g/mol. The third kappa shape index (κ3) is 6.39. The predicted molar refractivity (Wildman–Crippen MR) is 145 cm³/mol. The van der Waals surface area contributed by atoms with Gasteiger partial charge in [-0.05, 0) is 52.5 Å². The zero-order valence-electron chi connectivity index (χ0n) is 21.0. The van der Waals surface area contributed by atoms with Gasteiger partial charge in [0.25, 0.3) is 11.8 Å². The molecule has 0 saturated heterocycles. The van der Waals surface area contributed by atoms with Gasteiger partial charge in [-0.1, -0.05) is 54.6 Å². The average Bonchev–Trinajstić information content (AvgIpc) is 3.34. The number of hydrogen-bond acceptors (Lipinski definition) is 7. The van der Waals surface area contributed by atoms with Crippen LogP contribution in [0.15, 0.2) is 78.9 Å². The lowest BCUT2D eigenvalue weighted by Gasteiger charge is -2.31. The molecule has 0 saturated carbocycles. The fraction of sp³-hybridized carbons (Fsp3) is 0.143. The molecule has 4 aromatic rings. The number of nitrogens with zero attached hydrogens (tertiary/aromatic N) is 2. The molecule has 4 rings (SSSR count). The molecule has 0 radical (unpaired) electrons. The molecule has 0 aliphatic rings. The minimum Gasteiger partial charge on any atom is -0.497 e. The van der Waals surface area contributed by atoms with Gasteiger partial charge in [-0.3, -0.25) is 14.4 Å². The molecule has 0 unspecified atom stereocenters. The topological polar surface area (TPSA) is 141 Å². The number of nitrogens with one attached hydrogen (secondary N) is 1. The van der Waals surface area contributed by atoms with E-state index >= 15 is 0 Å². The molecule has 1 aromatic heterocycles. The van der Waals surface area contributed by atoms with Crippen LogP contribution >= 0.6 is 11.5 Å². The van der Waals surface area contributed by atoms with Crippen molar-refractivity contribution in [2.75, 3.05) is 12.8 Å². The first-order valence-corrected chi connectivity index (χ1v) is 12.6. The number of rotatable bonds is 10. The van der Waals surface area contributed by atoms with Crippen LogP contribution in [0.5, 0.6) is 5.75 Å². The van der Waals surface area contributed by atoms with E-state index < -0.39 is 29.6 Å². The number of nitrogens with two attached hydrogens (primary N) is 2. The van der Waals surface area contributed by atoms with Gasteiger partial charge in [0.2, 0.25) is 5.91 Å². The van der Waals surface area contributed by atoms with E-state index in [4.69, 9.17) is 16.2 Å². The summed E-state index contributed by atoms with van der Waals surface area (Å²) in [6, 6.07) is 20.5. The minimum atomic E-state index is -1.11. The summed E-state index contributed by atoms with van der Waals surface area (Å²) in [6.07, 6.45) is 0. The van der Waals surface area contributed by atoms with Gasteiger partial charge in [0.15, 0.2) is 5.69 Å². The number of methoxy groups -OCH3 is 1. The predicted octanol–water partition coefficient (Wildman–Crippen LogP) is 3.67. The van der Waals surface area contributed by atoms with Crippen LogP contribution in [0.1, 0.15) is 42.9 Å². The third-order valence-electron chi connectivity index (χ3n) is 5.98. The highest BCUT2D eigenvalue weighted by Gasteiger charge is 2.35. The van der Waals surface area contributed by atoms with Gasteiger partial charge in [0.1, 0.15) is 22.5 Å². The van der Waals surface area contributed by atoms with Crippen LogP contribution in [-0.2, 0) is 17.9 Å². The number of ether oxygens (including phenoxy) is 1. The van der Waals surface area contributed by atoms with Crippen LogP contribution in [0.4, 0.5) is 10.1 Å². The summed E-state index contributed by atoms with van der Waals surface area (Å²) in [5.41, 5.74) is 13.0. The Balaban J connectivity index is 1.76. The number of nitrogen functional groups attached to an aromatic ring is 1. The van der Waals surface area contributed by atoms with E-state index in [-0.39, 0.29) is 29.3 Å². The molecule has 0 aliphatic heterocycles. The van der Waals surface area contributed by atoms with E-state index in [9.17, 15) is 18.8 Å². The highest BCUT2D eigenvalue weighted by Crippen LogP contribution is 2.31. The number of anilines is 1. The maximum absolute atomic E-state index is 14.0. The Hall–Kier alpha value is -4.77. The number of primary amides is 1. The number of aromatic nitrogens is 1. The first kappa shape index (κ1) is 27.3. The van der Waals surface area contributed by atoms with Crippen LogP contribution in [0.25, 0.3) is 0 Å². The number of halogens is 1. The van der Waals surface area contributed by atoms with Gasteiger partial charge >= 0.3 is 0 Å². The van der Waals surface area contributed by atoms with Crippen molar-refractivity contribution in [1.29, 1.82) is 0 Å². The Morgan fingerprint density at radius 2 is 1.67 bits per heavy atom. The Morgan fingerprint density at radius 3 is 2.26 bits per heavy atom. The van der Waals surface area contributed by atoms with E-state index in [1.165, 1.54) is 24.1 Å². The van der Waals surface area contributed by atoms with Crippen molar-refractivity contribution in [2.24, 2.45) is 5.73 Å². The standard InChI is InChI=1S/C28H26FN5O4S/c1-38-21-13-9-19(10-14-21)24(27(36)32-15-17-7-11-20(29)12-8-17)34(16-18-5-3-2-4-6-18)28(37)25-22(30)23(26(31)35)33-39-25/h2-14,24H,15-16,30H2,1H3,(H2,31,35)(H,32,36)/t24-/m0/s1. The smallest absolute Gasteiger partial charge is 0.270 e. The third-order valence-corrected chi connectivity index (χ3v) is 6.83. The Morgan fingerprint density at radius 1 is 1.00 bits per heavy atom. The van der Waals surface area contributed by atoms with Crippen molar-refractivity contribution in [1.82, 2.24) is 14.6 Å². The van der Waals surface area contributed by atoms with E-state index in [1.54, 1.807) is 36.4 Å². The van der Waals surface area contributed by atoms with Crippen LogP contribution in [0.3, 0.4) is 0 Å².